The van der Waals surface area contributed by atoms with Crippen LogP contribution in [0.25, 0.3) is 22.2 Å². The van der Waals surface area contributed by atoms with Gasteiger partial charge in [-0.25, -0.2) is 19.2 Å². The van der Waals surface area contributed by atoms with Crippen molar-refractivity contribution < 1.29 is 29.1 Å². The van der Waals surface area contributed by atoms with Crippen LogP contribution in [0.4, 0.5) is 4.39 Å². The molecule has 0 saturated carbocycles. The summed E-state index contributed by atoms with van der Waals surface area (Å²) in [6.45, 7) is 4.27. The van der Waals surface area contributed by atoms with Gasteiger partial charge in [0.25, 0.3) is 5.91 Å². The molecule has 236 valence electrons. The quantitative estimate of drug-likeness (QED) is 0.0836. The lowest BCUT2D eigenvalue weighted by Gasteiger charge is -2.22. The van der Waals surface area contributed by atoms with Gasteiger partial charge in [0.15, 0.2) is 0 Å². The van der Waals surface area contributed by atoms with E-state index in [1.54, 1.807) is 42.5 Å². The molecule has 0 fully saturated rings. The summed E-state index contributed by atoms with van der Waals surface area (Å²) in [6, 6.07) is 23.4. The number of carboxylic acid groups (broad SMARTS) is 1. The fourth-order valence-electron chi connectivity index (χ4n) is 5.70. The maximum Gasteiger partial charge on any atom is 0.336 e. The molecule has 0 aliphatic heterocycles. The second-order valence-corrected chi connectivity index (χ2v) is 11.3. The van der Waals surface area contributed by atoms with Gasteiger partial charge in [-0.3, -0.25) is 14.8 Å². The maximum absolute atomic E-state index is 13.8. The van der Waals surface area contributed by atoms with Crippen LogP contribution in [0, 0.1) is 12.7 Å². The normalized spacial score (nSPS) is 11.7. The summed E-state index contributed by atoms with van der Waals surface area (Å²) in [5, 5.41) is 22.8. The topological polar surface area (TPSA) is 125 Å². The van der Waals surface area contributed by atoms with Crippen LogP contribution < -0.4 is 5.32 Å². The Bertz CT molecular complexity index is 1890. The summed E-state index contributed by atoms with van der Waals surface area (Å²) in [4.78, 5) is 41.4. The van der Waals surface area contributed by atoms with Crippen molar-refractivity contribution in [2.24, 2.45) is 0 Å². The number of fused-ring (bicyclic) bond motifs is 1. The zero-order chi connectivity index (χ0) is 32.8. The fraction of sp³-hybridized carbons (Fsp3) is 0.222. The van der Waals surface area contributed by atoms with Gasteiger partial charge in [-0.15, -0.1) is 0 Å². The first kappa shape index (κ1) is 32.1. The van der Waals surface area contributed by atoms with Crippen LogP contribution in [-0.2, 0) is 24.2 Å². The minimum absolute atomic E-state index is 0.182. The molecule has 3 N–H and O–H groups in total. The van der Waals surface area contributed by atoms with Gasteiger partial charge in [0.05, 0.1) is 29.2 Å². The average Bonchev–Trinajstić information content (AvgIpc) is 3.38. The highest BCUT2D eigenvalue weighted by molar-refractivity contribution is 5.99. The first-order valence-corrected chi connectivity index (χ1v) is 15.0. The zero-order valence-corrected chi connectivity index (χ0v) is 25.6. The molecule has 0 bridgehead atoms. The Morgan fingerprint density at radius 2 is 1.78 bits per heavy atom. The van der Waals surface area contributed by atoms with Gasteiger partial charge in [-0.05, 0) is 77.9 Å². The van der Waals surface area contributed by atoms with Crippen molar-refractivity contribution in [1.29, 1.82) is 0 Å². The highest BCUT2D eigenvalue weighted by Crippen LogP contribution is 2.27. The molecular weight excluding hydrogens is 587 g/mol. The molecule has 0 spiro atoms. The number of carbonyl (C=O) groups is 3. The minimum Gasteiger partial charge on any atom is -0.478 e. The number of carboxylic acids is 1. The summed E-state index contributed by atoms with van der Waals surface area (Å²) < 4.78 is 15.9. The highest BCUT2D eigenvalue weighted by Gasteiger charge is 2.21. The molecule has 5 rings (SSSR count). The van der Waals surface area contributed by atoms with Gasteiger partial charge in [0.2, 0.25) is 6.41 Å². The van der Waals surface area contributed by atoms with Gasteiger partial charge >= 0.3 is 5.97 Å². The first-order chi connectivity index (χ1) is 22.2. The lowest BCUT2D eigenvalue weighted by atomic mass is 9.98. The number of benzene rings is 4. The molecule has 1 heterocycles. The van der Waals surface area contributed by atoms with E-state index in [0.717, 1.165) is 46.4 Å². The third-order valence-corrected chi connectivity index (χ3v) is 7.86. The van der Waals surface area contributed by atoms with Crippen molar-refractivity contribution in [2.45, 2.75) is 45.7 Å². The Morgan fingerprint density at radius 1 is 1.02 bits per heavy atom. The molecule has 0 radical (unpaired) electrons. The van der Waals surface area contributed by atoms with Crippen molar-refractivity contribution >= 4 is 29.3 Å². The molecular formula is C36H35FN4O5. The van der Waals surface area contributed by atoms with E-state index in [4.69, 9.17) is 4.98 Å². The maximum atomic E-state index is 13.8. The van der Waals surface area contributed by atoms with Crippen molar-refractivity contribution in [3.63, 3.8) is 0 Å². The van der Waals surface area contributed by atoms with Crippen LogP contribution in [0.1, 0.15) is 56.6 Å². The predicted molar refractivity (Wildman–Crippen MR) is 172 cm³/mol. The standard InChI is InChI=1S/C36H35FN4O5/c1-3-7-33-39-34-23(2)16-27(35(43)38-29(21-40(46)22-42)18-25-8-6-9-28(37)17-25)19-32(34)41(33)20-24-12-14-26(15-13-24)30-10-4-5-11-31(30)36(44)45/h4-6,8-17,19,22,29,46H,3,7,18,20-21H2,1-2H3,(H,38,43)(H,44,45)/t29-/m1/s1. The fourth-order valence-corrected chi connectivity index (χ4v) is 5.70. The van der Waals surface area contributed by atoms with Gasteiger partial charge in [0.1, 0.15) is 11.6 Å². The van der Waals surface area contributed by atoms with Crippen LogP contribution in [0.2, 0.25) is 0 Å². The van der Waals surface area contributed by atoms with Crippen molar-refractivity contribution in [3.05, 3.63) is 124 Å². The number of carbonyl (C=O) groups excluding carboxylic acids is 2. The Labute approximate surface area is 265 Å². The van der Waals surface area contributed by atoms with Crippen molar-refractivity contribution in [2.75, 3.05) is 6.54 Å². The van der Waals surface area contributed by atoms with E-state index in [0.29, 0.717) is 28.3 Å². The van der Waals surface area contributed by atoms with E-state index >= 15 is 0 Å². The lowest BCUT2D eigenvalue weighted by Crippen LogP contribution is -2.44. The van der Waals surface area contributed by atoms with E-state index in [2.05, 4.69) is 16.8 Å². The minimum atomic E-state index is -0.985. The summed E-state index contributed by atoms with van der Waals surface area (Å²) in [6.07, 6.45) is 2.05. The molecule has 4 aromatic carbocycles. The molecule has 0 aliphatic rings. The smallest absolute Gasteiger partial charge is 0.336 e. The van der Waals surface area contributed by atoms with E-state index in [9.17, 15) is 29.1 Å². The molecule has 0 saturated heterocycles. The third-order valence-electron chi connectivity index (χ3n) is 7.86. The second kappa shape index (κ2) is 14.2. The molecule has 9 nitrogen and oxygen atoms in total. The van der Waals surface area contributed by atoms with Crippen molar-refractivity contribution in [1.82, 2.24) is 19.9 Å². The number of aromatic carboxylic acids is 1. The Balaban J connectivity index is 1.45. The average molecular weight is 623 g/mol. The number of nitrogens with one attached hydrogen (secondary N) is 1. The van der Waals surface area contributed by atoms with Crippen LogP contribution in [0.3, 0.4) is 0 Å². The van der Waals surface area contributed by atoms with Crippen LogP contribution in [0.15, 0.2) is 84.9 Å². The molecule has 1 atom stereocenters. The van der Waals surface area contributed by atoms with E-state index in [-0.39, 0.29) is 24.9 Å². The molecule has 5 aromatic rings. The Morgan fingerprint density at radius 3 is 2.48 bits per heavy atom. The van der Waals surface area contributed by atoms with E-state index in [1.807, 2.05) is 37.3 Å². The molecule has 1 aromatic heterocycles. The van der Waals surface area contributed by atoms with Gasteiger partial charge < -0.3 is 15.0 Å². The van der Waals surface area contributed by atoms with E-state index < -0.39 is 23.7 Å². The summed E-state index contributed by atoms with van der Waals surface area (Å²) in [7, 11) is 0. The lowest BCUT2D eigenvalue weighted by molar-refractivity contribution is -0.150. The van der Waals surface area contributed by atoms with Gasteiger partial charge in [-0.2, -0.15) is 0 Å². The number of aromatic nitrogens is 2. The number of halogens is 1. The predicted octanol–water partition coefficient (Wildman–Crippen LogP) is 6.04. The number of aryl methyl sites for hydroxylation is 2. The third kappa shape index (κ3) is 7.30. The van der Waals surface area contributed by atoms with Crippen LogP contribution in [-0.4, -0.2) is 55.8 Å². The molecule has 0 aliphatic carbocycles. The van der Waals surface area contributed by atoms with Crippen LogP contribution in [0.5, 0.6) is 0 Å². The number of rotatable bonds is 13. The molecule has 2 amide bonds. The number of imidazole rings is 1. The number of nitrogens with zero attached hydrogens (tertiary/aromatic N) is 3. The largest absolute Gasteiger partial charge is 0.478 e. The number of hydrogen-bond donors (Lipinski definition) is 3. The first-order valence-electron chi connectivity index (χ1n) is 15.0. The molecule has 10 heteroatoms. The zero-order valence-electron chi connectivity index (χ0n) is 25.6. The number of hydroxylamine groups is 2. The summed E-state index contributed by atoms with van der Waals surface area (Å²) in [5.74, 6) is -0.932. The number of amides is 2. The van der Waals surface area contributed by atoms with E-state index in [1.165, 1.54) is 12.1 Å². The van der Waals surface area contributed by atoms with Gasteiger partial charge in [0, 0.05) is 18.5 Å². The summed E-state index contributed by atoms with van der Waals surface area (Å²) >= 11 is 0. The Kier molecular flexibility index (Phi) is 9.88. The SMILES string of the molecule is CCCc1nc2c(C)cc(C(=O)N[C@H](Cc3cccc(F)c3)CN(O)C=O)cc2n1Cc1ccc(-c2ccccc2C(=O)O)cc1. The summed E-state index contributed by atoms with van der Waals surface area (Å²) in [5.41, 5.74) is 6.03. The monoisotopic (exact) mass is 622 g/mol. The van der Waals surface area contributed by atoms with Crippen molar-refractivity contribution in [3.8, 4) is 11.1 Å². The number of hydrogen-bond acceptors (Lipinski definition) is 5. The molecule has 46 heavy (non-hydrogen) atoms. The highest BCUT2D eigenvalue weighted by atomic mass is 19.1. The van der Waals surface area contributed by atoms with Crippen LogP contribution >= 0.6 is 0 Å². The Hall–Kier alpha value is -5.35. The molecule has 0 unspecified atom stereocenters. The second-order valence-electron chi connectivity index (χ2n) is 11.3. The van der Waals surface area contributed by atoms with Gasteiger partial charge in [-0.1, -0.05) is 61.5 Å².